The van der Waals surface area contributed by atoms with E-state index in [1.54, 1.807) is 4.90 Å². The van der Waals surface area contributed by atoms with Crippen molar-refractivity contribution in [1.29, 1.82) is 0 Å². The Kier molecular flexibility index (Phi) is 5.11. The fourth-order valence-electron chi connectivity index (χ4n) is 5.72. The molecule has 0 unspecified atom stereocenters. The van der Waals surface area contributed by atoms with Crippen LogP contribution in [-0.2, 0) is 15.0 Å². The number of fused-ring (bicyclic) bond motifs is 3. The van der Waals surface area contributed by atoms with Gasteiger partial charge in [-0.3, -0.25) is 14.4 Å². The maximum Gasteiger partial charge on any atom is 0.268 e. The summed E-state index contributed by atoms with van der Waals surface area (Å²) in [4.78, 5) is 43.4. The van der Waals surface area contributed by atoms with Gasteiger partial charge in [0.2, 0.25) is 11.8 Å². The molecule has 2 fully saturated rings. The Bertz CT molecular complexity index is 1380. The summed E-state index contributed by atoms with van der Waals surface area (Å²) in [5.41, 5.74) is 7.38. The summed E-state index contributed by atoms with van der Waals surface area (Å²) in [6.45, 7) is 0.263. The highest BCUT2D eigenvalue weighted by Gasteiger charge is 2.52. The second-order valence-corrected chi connectivity index (χ2v) is 10.1. The SMILES string of the molecule is N[C@@H]1C[C@]2(CC(=O)Nc3ccccc32)CN1C(=O)[C@@H](NC(=O)c1cc2c(F)ccc(F)c2[nH]1)C1CC1. The van der Waals surface area contributed by atoms with Crippen molar-refractivity contribution in [2.75, 3.05) is 11.9 Å². The molecule has 1 saturated heterocycles. The van der Waals surface area contributed by atoms with E-state index in [1.807, 2.05) is 24.3 Å². The molecule has 3 heterocycles. The maximum atomic E-state index is 14.1. The standard InChI is InChI=1S/C26H25F2N5O3/c27-16-7-8-17(28)23-14(16)9-19(31-23)24(35)32-22(13-5-6-13)25(36)33-12-26(10-20(33)29)11-21(34)30-18-4-2-1-3-15(18)26/h1-4,7-9,13,20,22,31H,5-6,10-12,29H2,(H,30,34)(H,32,35)/t20-,22-,26-/m0/s1. The number of likely N-dealkylation sites (tertiary alicyclic amines) is 1. The predicted octanol–water partition coefficient (Wildman–Crippen LogP) is 2.75. The number of para-hydroxylation sites is 1. The molecule has 3 atom stereocenters. The molecule has 3 aromatic rings. The molecule has 3 aliphatic rings. The van der Waals surface area contributed by atoms with Crippen LogP contribution in [0.5, 0.6) is 0 Å². The summed E-state index contributed by atoms with van der Waals surface area (Å²) in [5, 5.41) is 5.62. The number of nitrogens with zero attached hydrogens (tertiary/aromatic N) is 1. The van der Waals surface area contributed by atoms with Gasteiger partial charge in [0.25, 0.3) is 5.91 Å². The summed E-state index contributed by atoms with van der Waals surface area (Å²) in [7, 11) is 0. The highest BCUT2D eigenvalue weighted by atomic mass is 19.1. The van der Waals surface area contributed by atoms with Crippen LogP contribution in [-0.4, -0.2) is 46.4 Å². The summed E-state index contributed by atoms with van der Waals surface area (Å²) < 4.78 is 28.2. The van der Waals surface area contributed by atoms with Gasteiger partial charge in [-0.2, -0.15) is 0 Å². The monoisotopic (exact) mass is 493 g/mol. The van der Waals surface area contributed by atoms with Gasteiger partial charge in [-0.25, -0.2) is 8.78 Å². The maximum absolute atomic E-state index is 14.1. The lowest BCUT2D eigenvalue weighted by Crippen LogP contribution is -2.53. The number of anilines is 1. The molecule has 0 radical (unpaired) electrons. The summed E-state index contributed by atoms with van der Waals surface area (Å²) in [6.07, 6.45) is 1.56. The van der Waals surface area contributed by atoms with E-state index in [1.165, 1.54) is 6.07 Å². The van der Waals surface area contributed by atoms with Crippen molar-refractivity contribution in [2.45, 2.75) is 43.3 Å². The van der Waals surface area contributed by atoms with Crippen LogP contribution in [0.2, 0.25) is 0 Å². The van der Waals surface area contributed by atoms with Crippen molar-refractivity contribution in [3.63, 3.8) is 0 Å². The van der Waals surface area contributed by atoms with E-state index in [4.69, 9.17) is 5.73 Å². The van der Waals surface area contributed by atoms with Crippen LogP contribution in [0, 0.1) is 17.6 Å². The Balaban J connectivity index is 1.26. The van der Waals surface area contributed by atoms with Crippen molar-refractivity contribution < 1.29 is 23.2 Å². The van der Waals surface area contributed by atoms with E-state index < -0.39 is 35.2 Å². The predicted molar refractivity (Wildman–Crippen MR) is 128 cm³/mol. The molecule has 0 bridgehead atoms. The van der Waals surface area contributed by atoms with Gasteiger partial charge in [-0.05, 0) is 55.0 Å². The van der Waals surface area contributed by atoms with Crippen LogP contribution >= 0.6 is 0 Å². The van der Waals surface area contributed by atoms with Crippen LogP contribution < -0.4 is 16.4 Å². The highest BCUT2D eigenvalue weighted by Crippen LogP contribution is 2.46. The first-order valence-corrected chi connectivity index (χ1v) is 12.0. The minimum Gasteiger partial charge on any atom is -0.348 e. The fraction of sp³-hybridized carbons (Fsp3) is 0.346. The number of carbonyl (C=O) groups is 3. The van der Waals surface area contributed by atoms with E-state index >= 15 is 0 Å². The van der Waals surface area contributed by atoms with Crippen LogP contribution in [0.4, 0.5) is 14.5 Å². The van der Waals surface area contributed by atoms with Gasteiger partial charge >= 0.3 is 0 Å². The van der Waals surface area contributed by atoms with E-state index in [0.717, 1.165) is 36.2 Å². The number of halogens is 2. The molecule has 5 N–H and O–H groups in total. The number of hydrogen-bond donors (Lipinski definition) is 4. The second-order valence-electron chi connectivity index (χ2n) is 10.1. The van der Waals surface area contributed by atoms with Gasteiger partial charge < -0.3 is 26.3 Å². The molecular weight excluding hydrogens is 468 g/mol. The molecule has 6 rings (SSSR count). The van der Waals surface area contributed by atoms with E-state index in [9.17, 15) is 23.2 Å². The number of hydrogen-bond acceptors (Lipinski definition) is 4. The highest BCUT2D eigenvalue weighted by molar-refractivity contribution is 6.01. The number of amides is 3. The molecule has 1 saturated carbocycles. The third-order valence-electron chi connectivity index (χ3n) is 7.61. The normalized spacial score (nSPS) is 24.0. The van der Waals surface area contributed by atoms with Crippen molar-refractivity contribution in [1.82, 2.24) is 15.2 Å². The van der Waals surface area contributed by atoms with Crippen LogP contribution in [0.3, 0.4) is 0 Å². The minimum absolute atomic E-state index is 0.0347. The molecule has 2 aromatic carbocycles. The fourth-order valence-corrected chi connectivity index (χ4v) is 5.72. The Morgan fingerprint density at radius 3 is 2.64 bits per heavy atom. The number of aromatic amines is 1. The summed E-state index contributed by atoms with van der Waals surface area (Å²) in [6, 6.07) is 9.92. The van der Waals surface area contributed by atoms with E-state index in [-0.39, 0.29) is 47.3 Å². The molecule has 36 heavy (non-hydrogen) atoms. The van der Waals surface area contributed by atoms with Crippen molar-refractivity contribution in [3.8, 4) is 0 Å². The molecule has 1 spiro atoms. The van der Waals surface area contributed by atoms with Crippen molar-refractivity contribution in [3.05, 3.63) is 65.4 Å². The molecular formula is C26H25F2N5O3. The average Bonchev–Trinajstić information content (AvgIpc) is 3.49. The largest absolute Gasteiger partial charge is 0.348 e. The molecule has 3 amide bonds. The first-order chi connectivity index (χ1) is 17.3. The van der Waals surface area contributed by atoms with Gasteiger partial charge in [0, 0.05) is 29.5 Å². The smallest absolute Gasteiger partial charge is 0.268 e. The number of aromatic nitrogens is 1. The van der Waals surface area contributed by atoms with E-state index in [2.05, 4.69) is 15.6 Å². The summed E-state index contributed by atoms with van der Waals surface area (Å²) >= 11 is 0. The summed E-state index contributed by atoms with van der Waals surface area (Å²) in [5.74, 6) is -2.44. The number of rotatable bonds is 4. The Morgan fingerprint density at radius 1 is 1.14 bits per heavy atom. The van der Waals surface area contributed by atoms with Gasteiger partial charge in [-0.1, -0.05) is 18.2 Å². The van der Waals surface area contributed by atoms with Gasteiger partial charge in [0.05, 0.1) is 11.7 Å². The average molecular weight is 494 g/mol. The van der Waals surface area contributed by atoms with Crippen molar-refractivity contribution in [2.24, 2.45) is 11.7 Å². The van der Waals surface area contributed by atoms with Gasteiger partial charge in [-0.15, -0.1) is 0 Å². The van der Waals surface area contributed by atoms with Gasteiger partial charge in [0.1, 0.15) is 23.4 Å². The number of nitrogens with two attached hydrogens (primary N) is 1. The Labute approximate surface area is 205 Å². The van der Waals surface area contributed by atoms with E-state index in [0.29, 0.717) is 6.42 Å². The first-order valence-electron chi connectivity index (χ1n) is 12.0. The number of nitrogens with one attached hydrogen (secondary N) is 3. The molecule has 8 nitrogen and oxygen atoms in total. The van der Waals surface area contributed by atoms with Gasteiger partial charge in [0.15, 0.2) is 0 Å². The lowest BCUT2D eigenvalue weighted by Gasteiger charge is -2.35. The Hall–Kier alpha value is -3.79. The number of H-pyrrole nitrogens is 1. The lowest BCUT2D eigenvalue weighted by molar-refractivity contribution is -0.135. The molecule has 1 aromatic heterocycles. The number of benzene rings is 2. The van der Waals surface area contributed by atoms with Crippen LogP contribution in [0.15, 0.2) is 42.5 Å². The minimum atomic E-state index is -0.826. The van der Waals surface area contributed by atoms with Crippen LogP contribution in [0.25, 0.3) is 10.9 Å². The quantitative estimate of drug-likeness (QED) is 0.447. The molecule has 10 heteroatoms. The molecule has 1 aliphatic carbocycles. The Morgan fingerprint density at radius 2 is 1.89 bits per heavy atom. The topological polar surface area (TPSA) is 120 Å². The second kappa shape index (κ2) is 8.12. The zero-order valence-electron chi connectivity index (χ0n) is 19.3. The van der Waals surface area contributed by atoms with Crippen molar-refractivity contribution >= 4 is 34.3 Å². The zero-order valence-corrected chi connectivity index (χ0v) is 19.3. The molecule has 186 valence electrons. The zero-order chi connectivity index (χ0) is 25.2. The lowest BCUT2D eigenvalue weighted by atomic mass is 9.73. The third-order valence-corrected chi connectivity index (χ3v) is 7.61. The molecule has 2 aliphatic heterocycles. The third kappa shape index (κ3) is 3.63. The number of carbonyl (C=O) groups excluding carboxylic acids is 3. The first kappa shape index (κ1) is 22.7. The van der Waals surface area contributed by atoms with Crippen LogP contribution in [0.1, 0.15) is 41.7 Å².